The summed E-state index contributed by atoms with van der Waals surface area (Å²) in [5.74, 6) is 0.888. The molecule has 3 N–H and O–H groups in total. The Morgan fingerprint density at radius 3 is 2.71 bits per heavy atom. The summed E-state index contributed by atoms with van der Waals surface area (Å²) >= 11 is 0. The molecular formula is C12H19NO4. The molecule has 0 aliphatic heterocycles. The van der Waals surface area contributed by atoms with Gasteiger partial charge in [-0.3, -0.25) is 0 Å². The van der Waals surface area contributed by atoms with Crippen LogP contribution in [-0.2, 0) is 11.3 Å². The van der Waals surface area contributed by atoms with Gasteiger partial charge in [-0.1, -0.05) is 0 Å². The first-order chi connectivity index (χ1) is 8.21. The summed E-state index contributed by atoms with van der Waals surface area (Å²) in [5.41, 5.74) is 0.721. The van der Waals surface area contributed by atoms with Gasteiger partial charge in [-0.05, 0) is 18.2 Å². The van der Waals surface area contributed by atoms with E-state index in [2.05, 4.69) is 5.32 Å². The topological polar surface area (TPSA) is 71.0 Å². The Balaban J connectivity index is 2.60. The van der Waals surface area contributed by atoms with E-state index < -0.39 is 0 Å². The van der Waals surface area contributed by atoms with Crippen LogP contribution in [0.15, 0.2) is 18.2 Å². The van der Waals surface area contributed by atoms with Gasteiger partial charge in [0.15, 0.2) is 0 Å². The number of rotatable bonds is 7. The van der Waals surface area contributed by atoms with E-state index in [9.17, 15) is 5.11 Å². The lowest BCUT2D eigenvalue weighted by molar-refractivity contribution is 0.128. The van der Waals surface area contributed by atoms with Crippen molar-refractivity contribution in [3.8, 4) is 11.5 Å². The Labute approximate surface area is 101 Å². The number of nitrogens with one attached hydrogen (secondary N) is 1. The second-order valence-electron chi connectivity index (χ2n) is 3.71. The van der Waals surface area contributed by atoms with Crippen LogP contribution in [0.4, 0.5) is 0 Å². The highest BCUT2D eigenvalue weighted by Gasteiger charge is 2.08. The van der Waals surface area contributed by atoms with Gasteiger partial charge in [0, 0.05) is 19.2 Å². The Hall–Kier alpha value is -1.30. The maximum atomic E-state index is 9.66. The summed E-state index contributed by atoms with van der Waals surface area (Å²) in [6.07, 6.45) is 0. The van der Waals surface area contributed by atoms with E-state index in [-0.39, 0.29) is 18.4 Å². The van der Waals surface area contributed by atoms with Crippen molar-refractivity contribution < 1.29 is 19.7 Å². The molecule has 0 saturated carbocycles. The van der Waals surface area contributed by atoms with Crippen molar-refractivity contribution in [2.45, 2.75) is 12.6 Å². The molecule has 0 saturated heterocycles. The highest BCUT2D eigenvalue weighted by atomic mass is 16.5. The van der Waals surface area contributed by atoms with Crippen LogP contribution in [0.25, 0.3) is 0 Å². The van der Waals surface area contributed by atoms with Gasteiger partial charge in [0.05, 0.1) is 26.4 Å². The predicted octanol–water partition coefficient (Wildman–Crippen LogP) is 0.498. The smallest absolute Gasteiger partial charge is 0.120 e. The number of phenolic OH excluding ortho intramolecular Hbond substituents is 1. The molecule has 0 aliphatic rings. The summed E-state index contributed by atoms with van der Waals surface area (Å²) in [7, 11) is 3.15. The van der Waals surface area contributed by atoms with E-state index in [1.165, 1.54) is 0 Å². The minimum Gasteiger partial charge on any atom is -0.508 e. The van der Waals surface area contributed by atoms with Gasteiger partial charge in [-0.15, -0.1) is 0 Å². The van der Waals surface area contributed by atoms with Crippen molar-refractivity contribution in [1.82, 2.24) is 5.32 Å². The van der Waals surface area contributed by atoms with E-state index >= 15 is 0 Å². The summed E-state index contributed by atoms with van der Waals surface area (Å²) in [4.78, 5) is 0. The molecule has 0 aliphatic carbocycles. The Bertz CT molecular complexity index is 343. The fourth-order valence-corrected chi connectivity index (χ4v) is 1.46. The Morgan fingerprint density at radius 2 is 2.12 bits per heavy atom. The first-order valence-corrected chi connectivity index (χ1v) is 5.40. The third-order valence-electron chi connectivity index (χ3n) is 2.46. The summed E-state index contributed by atoms with van der Waals surface area (Å²) < 4.78 is 10.0. The number of ether oxygens (including phenoxy) is 2. The summed E-state index contributed by atoms with van der Waals surface area (Å²) in [6, 6.07) is 4.88. The largest absolute Gasteiger partial charge is 0.508 e. The fourth-order valence-electron chi connectivity index (χ4n) is 1.46. The standard InChI is InChI=1S/C12H19NO4/c1-16-8-10(7-14)13-6-9-5-11(17-2)3-4-12(9)15/h3-5,10,13-15H,6-8H2,1-2H3. The minimum atomic E-state index is -0.148. The molecule has 0 fully saturated rings. The molecule has 0 amide bonds. The molecule has 0 heterocycles. The molecule has 5 heteroatoms. The zero-order valence-electron chi connectivity index (χ0n) is 10.1. The Morgan fingerprint density at radius 1 is 1.35 bits per heavy atom. The highest BCUT2D eigenvalue weighted by molar-refractivity contribution is 5.39. The maximum absolute atomic E-state index is 9.66. The molecule has 1 rings (SSSR count). The van der Waals surface area contributed by atoms with Crippen LogP contribution in [-0.4, -0.2) is 43.7 Å². The van der Waals surface area contributed by atoms with Crippen LogP contribution in [0.1, 0.15) is 5.56 Å². The lowest BCUT2D eigenvalue weighted by atomic mass is 10.1. The van der Waals surface area contributed by atoms with Crippen molar-refractivity contribution in [2.24, 2.45) is 0 Å². The van der Waals surface area contributed by atoms with Crippen LogP contribution in [0, 0.1) is 0 Å². The molecule has 1 unspecified atom stereocenters. The number of hydrogen-bond acceptors (Lipinski definition) is 5. The number of hydrogen-bond donors (Lipinski definition) is 3. The number of benzene rings is 1. The first kappa shape index (κ1) is 13.8. The fraction of sp³-hybridized carbons (Fsp3) is 0.500. The van der Waals surface area contributed by atoms with Gasteiger partial charge < -0.3 is 25.0 Å². The number of aromatic hydroxyl groups is 1. The van der Waals surface area contributed by atoms with Gasteiger partial charge >= 0.3 is 0 Å². The van der Waals surface area contributed by atoms with Crippen molar-refractivity contribution in [3.63, 3.8) is 0 Å². The van der Waals surface area contributed by atoms with E-state index in [1.54, 1.807) is 32.4 Å². The molecule has 0 radical (unpaired) electrons. The summed E-state index contributed by atoms with van der Waals surface area (Å²) in [6.45, 7) is 0.845. The lowest BCUT2D eigenvalue weighted by Gasteiger charge is -2.16. The Kier molecular flexibility index (Phi) is 5.76. The number of aliphatic hydroxyl groups is 1. The van der Waals surface area contributed by atoms with E-state index in [4.69, 9.17) is 14.6 Å². The molecular weight excluding hydrogens is 222 g/mol. The molecule has 1 aromatic rings. The second-order valence-corrected chi connectivity index (χ2v) is 3.71. The number of aliphatic hydroxyl groups excluding tert-OH is 1. The normalized spacial score (nSPS) is 12.4. The third kappa shape index (κ3) is 4.22. The van der Waals surface area contributed by atoms with Crippen molar-refractivity contribution >= 4 is 0 Å². The molecule has 1 aromatic carbocycles. The van der Waals surface area contributed by atoms with Gasteiger partial charge in [-0.2, -0.15) is 0 Å². The molecule has 0 spiro atoms. The quantitative estimate of drug-likeness (QED) is 0.648. The minimum absolute atomic E-state index is 0.0153. The van der Waals surface area contributed by atoms with Crippen molar-refractivity contribution in [2.75, 3.05) is 27.4 Å². The van der Waals surface area contributed by atoms with Crippen LogP contribution >= 0.6 is 0 Å². The molecule has 0 bridgehead atoms. The van der Waals surface area contributed by atoms with Gasteiger partial charge in [-0.25, -0.2) is 0 Å². The maximum Gasteiger partial charge on any atom is 0.120 e. The van der Waals surface area contributed by atoms with E-state index in [0.717, 1.165) is 5.56 Å². The number of methoxy groups -OCH3 is 2. The molecule has 1 atom stereocenters. The second kappa shape index (κ2) is 7.11. The van der Waals surface area contributed by atoms with Gasteiger partial charge in [0.1, 0.15) is 11.5 Å². The predicted molar refractivity (Wildman–Crippen MR) is 64.2 cm³/mol. The van der Waals surface area contributed by atoms with Gasteiger partial charge in [0.25, 0.3) is 0 Å². The number of phenols is 1. The van der Waals surface area contributed by atoms with Crippen LogP contribution < -0.4 is 10.1 Å². The van der Waals surface area contributed by atoms with Crippen molar-refractivity contribution in [1.29, 1.82) is 0 Å². The van der Waals surface area contributed by atoms with Gasteiger partial charge in [0.2, 0.25) is 0 Å². The zero-order valence-corrected chi connectivity index (χ0v) is 10.1. The first-order valence-electron chi connectivity index (χ1n) is 5.40. The zero-order chi connectivity index (χ0) is 12.7. The monoisotopic (exact) mass is 241 g/mol. The average Bonchev–Trinajstić information content (AvgIpc) is 2.36. The molecule has 0 aromatic heterocycles. The van der Waals surface area contributed by atoms with Crippen LogP contribution in [0.2, 0.25) is 0 Å². The van der Waals surface area contributed by atoms with E-state index in [0.29, 0.717) is 18.9 Å². The summed E-state index contributed by atoms with van der Waals surface area (Å²) in [5, 5.41) is 21.8. The van der Waals surface area contributed by atoms with E-state index in [1.807, 2.05) is 0 Å². The molecule has 17 heavy (non-hydrogen) atoms. The van der Waals surface area contributed by atoms with Crippen LogP contribution in [0.3, 0.4) is 0 Å². The highest BCUT2D eigenvalue weighted by Crippen LogP contribution is 2.22. The van der Waals surface area contributed by atoms with Crippen LogP contribution in [0.5, 0.6) is 11.5 Å². The lowest BCUT2D eigenvalue weighted by Crippen LogP contribution is -2.35. The molecule has 96 valence electrons. The molecule has 5 nitrogen and oxygen atoms in total. The third-order valence-corrected chi connectivity index (χ3v) is 2.46. The SMILES string of the molecule is COCC(CO)NCc1cc(OC)ccc1O. The average molecular weight is 241 g/mol. The van der Waals surface area contributed by atoms with Crippen molar-refractivity contribution in [3.05, 3.63) is 23.8 Å².